The van der Waals surface area contributed by atoms with Gasteiger partial charge in [0, 0.05) is 6.42 Å². The lowest BCUT2D eigenvalue weighted by Crippen LogP contribution is -2.14. The molecule has 0 saturated heterocycles. The number of benzene rings is 1. The van der Waals surface area contributed by atoms with Crippen LogP contribution in [0.4, 0.5) is 5.13 Å². The van der Waals surface area contributed by atoms with Gasteiger partial charge >= 0.3 is 0 Å². The van der Waals surface area contributed by atoms with Crippen LogP contribution in [0.1, 0.15) is 19.3 Å². The largest absolute Gasteiger partial charge is 0.302 e. The van der Waals surface area contributed by atoms with Gasteiger partial charge in [0.15, 0.2) is 5.13 Å². The molecule has 1 atom stereocenters. The highest BCUT2D eigenvalue weighted by Crippen LogP contribution is 2.26. The highest BCUT2D eigenvalue weighted by molar-refractivity contribution is 7.22. The Balaban J connectivity index is 1.68. The van der Waals surface area contributed by atoms with Crippen molar-refractivity contribution in [1.29, 1.82) is 0 Å². The number of carbonyl (C=O) groups excluding carboxylic acids is 1. The van der Waals surface area contributed by atoms with Crippen molar-refractivity contribution in [2.45, 2.75) is 19.3 Å². The maximum absolute atomic E-state index is 11.9. The van der Waals surface area contributed by atoms with Crippen LogP contribution >= 0.6 is 11.3 Å². The number of rotatable bonds is 3. The van der Waals surface area contributed by atoms with Gasteiger partial charge in [-0.25, -0.2) is 4.98 Å². The summed E-state index contributed by atoms with van der Waals surface area (Å²) < 4.78 is 1.11. The molecule has 0 radical (unpaired) electrons. The third-order valence-electron chi connectivity index (χ3n) is 3.10. The standard InChI is InChI=1S/C14H14N2OS/c17-13(9-10-5-1-2-6-10)16-14-15-11-7-3-4-8-12(11)18-14/h1,3-5,7-8,10H,2,6,9H2,(H,15,16,17). The van der Waals surface area contributed by atoms with Gasteiger partial charge in [-0.3, -0.25) is 4.79 Å². The third-order valence-corrected chi connectivity index (χ3v) is 4.05. The molecule has 1 heterocycles. The summed E-state index contributed by atoms with van der Waals surface area (Å²) in [6.45, 7) is 0. The Bertz CT molecular complexity index is 570. The lowest BCUT2D eigenvalue weighted by atomic mass is 10.1. The fraction of sp³-hybridized carbons (Fsp3) is 0.286. The highest BCUT2D eigenvalue weighted by Gasteiger charge is 2.15. The zero-order chi connectivity index (χ0) is 12.4. The number of fused-ring (bicyclic) bond motifs is 1. The van der Waals surface area contributed by atoms with Crippen molar-refractivity contribution in [3.8, 4) is 0 Å². The fourth-order valence-corrected chi connectivity index (χ4v) is 3.08. The summed E-state index contributed by atoms with van der Waals surface area (Å²) in [5.74, 6) is 0.463. The molecular weight excluding hydrogens is 244 g/mol. The van der Waals surface area contributed by atoms with E-state index in [1.165, 1.54) is 11.3 Å². The monoisotopic (exact) mass is 258 g/mol. The Labute approximate surface area is 110 Å². The first-order valence-electron chi connectivity index (χ1n) is 6.13. The number of anilines is 1. The molecule has 0 fully saturated rings. The number of hydrogen-bond acceptors (Lipinski definition) is 3. The van der Waals surface area contributed by atoms with Crippen LogP contribution in [0.2, 0.25) is 0 Å². The molecule has 18 heavy (non-hydrogen) atoms. The van der Waals surface area contributed by atoms with E-state index in [0.717, 1.165) is 23.1 Å². The third kappa shape index (κ3) is 2.43. The number of allylic oxidation sites excluding steroid dienone is 2. The van der Waals surface area contributed by atoms with E-state index >= 15 is 0 Å². The average Bonchev–Trinajstić information content (AvgIpc) is 2.96. The summed E-state index contributed by atoms with van der Waals surface area (Å²) in [6, 6.07) is 7.91. The zero-order valence-corrected chi connectivity index (χ0v) is 10.7. The minimum absolute atomic E-state index is 0.0607. The molecule has 0 bridgehead atoms. The first-order valence-corrected chi connectivity index (χ1v) is 6.95. The molecule has 0 aliphatic heterocycles. The summed E-state index contributed by atoms with van der Waals surface area (Å²) in [5.41, 5.74) is 0.943. The van der Waals surface area contributed by atoms with E-state index in [4.69, 9.17) is 0 Å². The van der Waals surface area contributed by atoms with E-state index in [-0.39, 0.29) is 5.91 Å². The maximum atomic E-state index is 11.9. The number of nitrogens with zero attached hydrogens (tertiary/aromatic N) is 1. The van der Waals surface area contributed by atoms with Crippen LogP contribution in [-0.4, -0.2) is 10.9 Å². The molecule has 0 saturated carbocycles. The predicted octanol–water partition coefficient (Wildman–Crippen LogP) is 3.59. The summed E-state index contributed by atoms with van der Waals surface area (Å²) in [4.78, 5) is 16.3. The molecule has 92 valence electrons. The van der Waals surface area contributed by atoms with Gasteiger partial charge in [0.05, 0.1) is 10.2 Å². The van der Waals surface area contributed by atoms with E-state index < -0.39 is 0 Å². The number of amides is 1. The first-order chi connectivity index (χ1) is 8.81. The van der Waals surface area contributed by atoms with Gasteiger partial charge in [-0.1, -0.05) is 35.6 Å². The zero-order valence-electron chi connectivity index (χ0n) is 9.93. The van der Waals surface area contributed by atoms with Crippen molar-refractivity contribution in [2.24, 2.45) is 5.92 Å². The number of para-hydroxylation sites is 1. The topological polar surface area (TPSA) is 42.0 Å². The van der Waals surface area contributed by atoms with Crippen LogP contribution < -0.4 is 5.32 Å². The number of aromatic nitrogens is 1. The lowest BCUT2D eigenvalue weighted by Gasteiger charge is -2.06. The van der Waals surface area contributed by atoms with Gasteiger partial charge in [-0.05, 0) is 30.9 Å². The van der Waals surface area contributed by atoms with Crippen molar-refractivity contribution in [3.05, 3.63) is 36.4 Å². The molecule has 4 heteroatoms. The SMILES string of the molecule is O=C(CC1C=CCC1)Nc1nc2ccccc2s1. The van der Waals surface area contributed by atoms with Crippen molar-refractivity contribution < 1.29 is 4.79 Å². The number of thiazole rings is 1. The van der Waals surface area contributed by atoms with Crippen LogP contribution in [0.5, 0.6) is 0 Å². The Hall–Kier alpha value is -1.68. The van der Waals surface area contributed by atoms with Crippen molar-refractivity contribution in [2.75, 3.05) is 5.32 Å². The molecular formula is C14H14N2OS. The Morgan fingerprint density at radius 1 is 1.44 bits per heavy atom. The van der Waals surface area contributed by atoms with Crippen LogP contribution in [0.15, 0.2) is 36.4 Å². The molecule has 1 aromatic carbocycles. The fourth-order valence-electron chi connectivity index (χ4n) is 2.20. The molecule has 2 aromatic rings. The minimum Gasteiger partial charge on any atom is -0.302 e. The second-order valence-corrected chi connectivity index (χ2v) is 5.54. The lowest BCUT2D eigenvalue weighted by molar-refractivity contribution is -0.116. The summed E-state index contributed by atoms with van der Waals surface area (Å²) in [6.07, 6.45) is 7.03. The van der Waals surface area contributed by atoms with Gasteiger partial charge in [-0.2, -0.15) is 0 Å². The van der Waals surface area contributed by atoms with Gasteiger partial charge in [0.2, 0.25) is 5.91 Å². The van der Waals surface area contributed by atoms with E-state index in [9.17, 15) is 4.79 Å². The number of nitrogens with one attached hydrogen (secondary N) is 1. The number of hydrogen-bond donors (Lipinski definition) is 1. The molecule has 0 spiro atoms. The summed E-state index contributed by atoms with van der Waals surface area (Å²) in [7, 11) is 0. The van der Waals surface area contributed by atoms with Crippen LogP contribution in [-0.2, 0) is 4.79 Å². The molecule has 1 aromatic heterocycles. The highest BCUT2D eigenvalue weighted by atomic mass is 32.1. The molecule has 3 nitrogen and oxygen atoms in total. The Morgan fingerprint density at radius 3 is 3.11 bits per heavy atom. The molecule has 3 rings (SSSR count). The van der Waals surface area contributed by atoms with Crippen LogP contribution in [0, 0.1) is 5.92 Å². The second-order valence-electron chi connectivity index (χ2n) is 4.50. The van der Waals surface area contributed by atoms with Crippen LogP contribution in [0.25, 0.3) is 10.2 Å². The van der Waals surface area contributed by atoms with Gasteiger partial charge in [0.1, 0.15) is 0 Å². The summed E-state index contributed by atoms with van der Waals surface area (Å²) >= 11 is 1.52. The quantitative estimate of drug-likeness (QED) is 0.855. The van der Waals surface area contributed by atoms with Gasteiger partial charge < -0.3 is 5.32 Å². The maximum Gasteiger partial charge on any atom is 0.226 e. The van der Waals surface area contributed by atoms with Crippen LogP contribution in [0.3, 0.4) is 0 Å². The minimum atomic E-state index is 0.0607. The second kappa shape index (κ2) is 4.90. The van der Waals surface area contributed by atoms with Gasteiger partial charge in [-0.15, -0.1) is 0 Å². The van der Waals surface area contributed by atoms with Crippen molar-refractivity contribution in [3.63, 3.8) is 0 Å². The van der Waals surface area contributed by atoms with E-state index in [1.807, 2.05) is 24.3 Å². The Morgan fingerprint density at radius 2 is 2.33 bits per heavy atom. The number of carbonyl (C=O) groups is 1. The van der Waals surface area contributed by atoms with Crippen molar-refractivity contribution in [1.82, 2.24) is 4.98 Å². The first kappa shape index (κ1) is 11.4. The molecule has 1 amide bonds. The van der Waals surface area contributed by atoms with Gasteiger partial charge in [0.25, 0.3) is 0 Å². The molecule has 1 aliphatic rings. The smallest absolute Gasteiger partial charge is 0.226 e. The molecule has 1 unspecified atom stereocenters. The predicted molar refractivity (Wildman–Crippen MR) is 74.7 cm³/mol. The summed E-state index contributed by atoms with van der Waals surface area (Å²) in [5, 5.41) is 3.59. The van der Waals surface area contributed by atoms with E-state index in [0.29, 0.717) is 17.5 Å². The Kier molecular flexibility index (Phi) is 3.11. The van der Waals surface area contributed by atoms with E-state index in [2.05, 4.69) is 22.5 Å². The molecule has 1 N–H and O–H groups in total. The molecule has 1 aliphatic carbocycles. The van der Waals surface area contributed by atoms with Crippen molar-refractivity contribution >= 4 is 32.6 Å². The van der Waals surface area contributed by atoms with E-state index in [1.54, 1.807) is 0 Å². The normalized spacial score (nSPS) is 18.3. The average molecular weight is 258 g/mol.